The van der Waals surface area contributed by atoms with Gasteiger partial charge in [0, 0.05) is 11.6 Å². The Labute approximate surface area is 210 Å². The van der Waals surface area contributed by atoms with Crippen LogP contribution in [0.2, 0.25) is 0 Å². The van der Waals surface area contributed by atoms with Crippen molar-refractivity contribution in [2.75, 3.05) is 6.61 Å². The fourth-order valence-electron chi connectivity index (χ4n) is 4.30. The van der Waals surface area contributed by atoms with Crippen molar-refractivity contribution >= 4 is 35.0 Å². The molecule has 0 aliphatic rings. The zero-order chi connectivity index (χ0) is 25.3. The number of benzene rings is 3. The molecule has 184 valence electrons. The highest BCUT2D eigenvalue weighted by atomic mass is 16.5. The first-order valence-corrected chi connectivity index (χ1v) is 12.0. The Morgan fingerprint density at radius 2 is 1.61 bits per heavy atom. The summed E-state index contributed by atoms with van der Waals surface area (Å²) in [5.74, 6) is -1.12. The van der Waals surface area contributed by atoms with Crippen LogP contribution in [0.4, 0.5) is 0 Å². The number of fused-ring (bicyclic) bond motifs is 1. The fraction of sp³-hybridized carbons (Fsp3) is 0.200. The lowest BCUT2D eigenvalue weighted by Gasteiger charge is -2.07. The van der Waals surface area contributed by atoms with Crippen LogP contribution in [0.15, 0.2) is 79.0 Å². The molecular weight excluding hydrogens is 454 g/mol. The number of ether oxygens (including phenoxy) is 1. The molecule has 6 nitrogen and oxygen atoms in total. The molecule has 6 heteroatoms. The Kier molecular flexibility index (Phi) is 8.19. The highest BCUT2D eigenvalue weighted by Gasteiger charge is 2.15. The van der Waals surface area contributed by atoms with Crippen molar-refractivity contribution < 1.29 is 24.5 Å². The number of unbranched alkanes of at least 4 members (excludes halogenated alkanes) is 1. The number of carboxylic acids is 2. The van der Waals surface area contributed by atoms with E-state index in [1.807, 2.05) is 60.7 Å². The van der Waals surface area contributed by atoms with Gasteiger partial charge in [0.25, 0.3) is 0 Å². The Morgan fingerprint density at radius 1 is 0.833 bits per heavy atom. The van der Waals surface area contributed by atoms with Crippen LogP contribution in [0, 0.1) is 0 Å². The molecule has 0 bridgehead atoms. The van der Waals surface area contributed by atoms with Gasteiger partial charge in [-0.1, -0.05) is 72.8 Å². The molecule has 0 aliphatic carbocycles. The van der Waals surface area contributed by atoms with E-state index in [0.717, 1.165) is 41.5 Å². The van der Waals surface area contributed by atoms with Crippen molar-refractivity contribution in [3.63, 3.8) is 0 Å². The molecule has 0 radical (unpaired) electrons. The van der Waals surface area contributed by atoms with Gasteiger partial charge < -0.3 is 19.5 Å². The molecule has 0 amide bonds. The summed E-state index contributed by atoms with van der Waals surface area (Å²) in [5.41, 5.74) is 4.45. The standard InChI is InChI=1S/C30H29NO5/c32-28(33)19-25-20-31(21-29(34)35)30-24(10-6-11-27(25)30)15-12-23-13-16-26(17-14-23)36-18-5-4-9-22-7-2-1-3-8-22/h1-3,6-8,10-17,20H,4-5,9,18-19,21H2,(H,32,33)(H,34,35)/b15-12+. The molecule has 4 aromatic rings. The molecule has 0 fully saturated rings. The van der Waals surface area contributed by atoms with Crippen molar-refractivity contribution in [3.8, 4) is 5.75 Å². The van der Waals surface area contributed by atoms with Gasteiger partial charge in [-0.05, 0) is 53.6 Å². The molecule has 0 atom stereocenters. The minimum absolute atomic E-state index is 0.163. The zero-order valence-corrected chi connectivity index (χ0v) is 20.0. The smallest absolute Gasteiger partial charge is 0.323 e. The minimum atomic E-state index is -0.983. The topological polar surface area (TPSA) is 88.8 Å². The van der Waals surface area contributed by atoms with Crippen LogP contribution < -0.4 is 4.74 Å². The van der Waals surface area contributed by atoms with Gasteiger partial charge in [-0.2, -0.15) is 0 Å². The van der Waals surface area contributed by atoms with Gasteiger partial charge in [-0.25, -0.2) is 0 Å². The van der Waals surface area contributed by atoms with E-state index in [1.165, 1.54) is 5.56 Å². The first-order valence-electron chi connectivity index (χ1n) is 12.0. The Bertz CT molecular complexity index is 1350. The highest BCUT2D eigenvalue weighted by Crippen LogP contribution is 2.27. The van der Waals surface area contributed by atoms with Gasteiger partial charge in [-0.15, -0.1) is 0 Å². The van der Waals surface area contributed by atoms with Crippen molar-refractivity contribution in [1.29, 1.82) is 0 Å². The van der Waals surface area contributed by atoms with Crippen LogP contribution in [-0.2, 0) is 29.0 Å². The summed E-state index contributed by atoms with van der Waals surface area (Å²) in [7, 11) is 0. The second-order valence-electron chi connectivity index (χ2n) is 8.68. The van der Waals surface area contributed by atoms with E-state index in [4.69, 9.17) is 4.74 Å². The predicted octanol–water partition coefficient (Wildman–Crippen LogP) is 5.93. The summed E-state index contributed by atoms with van der Waals surface area (Å²) < 4.78 is 7.48. The molecule has 3 aromatic carbocycles. The van der Waals surface area contributed by atoms with E-state index in [9.17, 15) is 19.8 Å². The maximum absolute atomic E-state index is 11.4. The normalized spacial score (nSPS) is 11.2. The fourth-order valence-corrected chi connectivity index (χ4v) is 4.30. The molecule has 0 aliphatic heterocycles. The van der Waals surface area contributed by atoms with Crippen molar-refractivity contribution in [2.24, 2.45) is 0 Å². The van der Waals surface area contributed by atoms with Gasteiger partial charge >= 0.3 is 11.9 Å². The van der Waals surface area contributed by atoms with Crippen molar-refractivity contribution in [3.05, 3.63) is 101 Å². The highest BCUT2D eigenvalue weighted by molar-refractivity contribution is 5.95. The second kappa shape index (κ2) is 11.9. The molecule has 1 heterocycles. The number of aliphatic carboxylic acids is 2. The number of aryl methyl sites for hydroxylation is 1. The summed E-state index contributed by atoms with van der Waals surface area (Å²) in [6, 6.07) is 23.9. The predicted molar refractivity (Wildman–Crippen MR) is 141 cm³/mol. The van der Waals surface area contributed by atoms with Gasteiger partial charge in [-0.3, -0.25) is 9.59 Å². The third kappa shape index (κ3) is 6.63. The number of aromatic nitrogens is 1. The molecule has 36 heavy (non-hydrogen) atoms. The number of rotatable bonds is 12. The van der Waals surface area contributed by atoms with Crippen molar-refractivity contribution in [2.45, 2.75) is 32.2 Å². The Balaban J connectivity index is 1.40. The van der Waals surface area contributed by atoms with Crippen LogP contribution in [0.25, 0.3) is 23.1 Å². The molecule has 2 N–H and O–H groups in total. The quantitative estimate of drug-likeness (QED) is 0.193. The number of carboxylic acid groups (broad SMARTS) is 2. The number of para-hydroxylation sites is 1. The van der Waals surface area contributed by atoms with Crippen LogP contribution in [0.3, 0.4) is 0 Å². The zero-order valence-electron chi connectivity index (χ0n) is 20.0. The molecule has 4 rings (SSSR count). The number of hydrogen-bond acceptors (Lipinski definition) is 3. The van der Waals surface area contributed by atoms with Gasteiger partial charge in [0.05, 0.1) is 18.5 Å². The molecule has 0 saturated carbocycles. The van der Waals surface area contributed by atoms with E-state index in [2.05, 4.69) is 24.3 Å². The van der Waals surface area contributed by atoms with E-state index < -0.39 is 11.9 Å². The molecule has 0 saturated heterocycles. The number of hydrogen-bond donors (Lipinski definition) is 2. The lowest BCUT2D eigenvalue weighted by atomic mass is 10.1. The summed E-state index contributed by atoms with van der Waals surface area (Å²) in [4.78, 5) is 22.7. The molecule has 0 unspecified atom stereocenters. The first kappa shape index (κ1) is 24.8. The minimum Gasteiger partial charge on any atom is -0.494 e. The van der Waals surface area contributed by atoms with E-state index in [-0.39, 0.29) is 13.0 Å². The first-order chi connectivity index (χ1) is 17.5. The third-order valence-corrected chi connectivity index (χ3v) is 5.97. The summed E-state index contributed by atoms with van der Waals surface area (Å²) in [5, 5.41) is 19.3. The average Bonchev–Trinajstić information content (AvgIpc) is 3.20. The largest absolute Gasteiger partial charge is 0.494 e. The molecule has 1 aromatic heterocycles. The van der Waals surface area contributed by atoms with E-state index in [1.54, 1.807) is 10.8 Å². The van der Waals surface area contributed by atoms with Crippen LogP contribution >= 0.6 is 0 Å². The van der Waals surface area contributed by atoms with Crippen LogP contribution in [-0.4, -0.2) is 33.3 Å². The SMILES string of the molecule is O=C(O)Cc1cn(CC(=O)O)c2c(/C=C/c3ccc(OCCCCc4ccccc4)cc3)cccc12. The summed E-state index contributed by atoms with van der Waals surface area (Å²) in [6.07, 6.45) is 8.45. The lowest BCUT2D eigenvalue weighted by molar-refractivity contribution is -0.138. The van der Waals surface area contributed by atoms with Gasteiger partial charge in [0.1, 0.15) is 12.3 Å². The van der Waals surface area contributed by atoms with E-state index >= 15 is 0 Å². The number of carbonyl (C=O) groups is 2. The van der Waals surface area contributed by atoms with Crippen LogP contribution in [0.1, 0.15) is 35.1 Å². The van der Waals surface area contributed by atoms with Gasteiger partial charge in [0.15, 0.2) is 0 Å². The second-order valence-corrected chi connectivity index (χ2v) is 8.68. The van der Waals surface area contributed by atoms with E-state index in [0.29, 0.717) is 17.7 Å². The van der Waals surface area contributed by atoms with Crippen molar-refractivity contribution in [1.82, 2.24) is 4.57 Å². The third-order valence-electron chi connectivity index (χ3n) is 5.97. The maximum Gasteiger partial charge on any atom is 0.323 e. The van der Waals surface area contributed by atoms with Gasteiger partial charge in [0.2, 0.25) is 0 Å². The average molecular weight is 484 g/mol. The maximum atomic E-state index is 11.4. The van der Waals surface area contributed by atoms with Crippen LogP contribution in [0.5, 0.6) is 5.75 Å². The molecule has 0 spiro atoms. The Hall–Kier alpha value is -4.32. The monoisotopic (exact) mass is 483 g/mol. The Morgan fingerprint density at radius 3 is 2.33 bits per heavy atom. The molecular formula is C30H29NO5. The summed E-state index contributed by atoms with van der Waals surface area (Å²) in [6.45, 7) is 0.432. The lowest BCUT2D eigenvalue weighted by Crippen LogP contribution is -2.08. The summed E-state index contributed by atoms with van der Waals surface area (Å²) >= 11 is 0. The number of nitrogens with zero attached hydrogens (tertiary/aromatic N) is 1.